The first-order valence-corrected chi connectivity index (χ1v) is 5.44. The average Bonchev–Trinajstić information content (AvgIpc) is 2.68. The van der Waals surface area contributed by atoms with Gasteiger partial charge in [0.05, 0.1) is 0 Å². The van der Waals surface area contributed by atoms with Gasteiger partial charge >= 0.3 is 0 Å². The van der Waals surface area contributed by atoms with E-state index in [1.165, 1.54) is 0 Å². The average molecular weight is 207 g/mol. The van der Waals surface area contributed by atoms with Crippen LogP contribution in [0, 0.1) is 0 Å². The predicted octanol–water partition coefficient (Wildman–Crippen LogP) is 1.65. The van der Waals surface area contributed by atoms with E-state index in [1.807, 2.05) is 0 Å². The van der Waals surface area contributed by atoms with Crippen molar-refractivity contribution in [2.24, 2.45) is 0 Å². The van der Waals surface area contributed by atoms with Crippen molar-refractivity contribution in [3.63, 3.8) is 0 Å². The summed E-state index contributed by atoms with van der Waals surface area (Å²) in [5.41, 5.74) is 8.18. The molecule has 1 aromatic heterocycles. The molecule has 0 radical (unpaired) electrons. The van der Waals surface area contributed by atoms with Gasteiger partial charge in [-0.1, -0.05) is 6.92 Å². The molecule has 0 saturated heterocycles. The number of ether oxygens (including phenoxy) is 1. The van der Waals surface area contributed by atoms with Crippen LogP contribution in [0.15, 0.2) is 0 Å². The summed E-state index contributed by atoms with van der Waals surface area (Å²) in [6.45, 7) is 2.06. The highest BCUT2D eigenvalue weighted by molar-refractivity contribution is 5.44. The summed E-state index contributed by atoms with van der Waals surface area (Å²) in [6, 6.07) is 0. The Bertz CT molecular complexity index is 361. The molecule has 0 bridgehead atoms. The number of methoxy groups -OCH3 is 1. The minimum absolute atomic E-state index is 0.0294. The molecular formula is C11H17N3O. The highest BCUT2D eigenvalue weighted by Gasteiger charge is 2.20. The molecule has 0 fully saturated rings. The molecule has 82 valence electrons. The standard InChI is InChI=1S/C11H17N3O/c1-3-9(15-2)11-13-8-6-4-5-7(8)10(12)14-11/h9H,3-6H2,1-2H3,(H2,12,13,14). The molecule has 1 aliphatic carbocycles. The summed E-state index contributed by atoms with van der Waals surface area (Å²) < 4.78 is 5.32. The summed E-state index contributed by atoms with van der Waals surface area (Å²) in [5, 5.41) is 0. The van der Waals surface area contributed by atoms with Crippen molar-refractivity contribution in [2.45, 2.75) is 38.7 Å². The zero-order chi connectivity index (χ0) is 10.8. The van der Waals surface area contributed by atoms with Gasteiger partial charge in [-0.25, -0.2) is 9.97 Å². The van der Waals surface area contributed by atoms with Crippen LogP contribution in [0.25, 0.3) is 0 Å². The Labute approximate surface area is 89.9 Å². The number of anilines is 1. The summed E-state index contributed by atoms with van der Waals surface area (Å²) in [6.07, 6.45) is 4.02. The number of nitrogen functional groups attached to an aromatic ring is 1. The van der Waals surface area contributed by atoms with E-state index in [2.05, 4.69) is 16.9 Å². The Morgan fingerprint density at radius 2 is 2.20 bits per heavy atom. The van der Waals surface area contributed by atoms with Crippen LogP contribution < -0.4 is 5.73 Å². The van der Waals surface area contributed by atoms with E-state index in [0.29, 0.717) is 5.82 Å². The van der Waals surface area contributed by atoms with Gasteiger partial charge in [-0.15, -0.1) is 0 Å². The lowest BCUT2D eigenvalue weighted by Crippen LogP contribution is -2.10. The Hall–Kier alpha value is -1.16. The van der Waals surface area contributed by atoms with Gasteiger partial charge in [0.25, 0.3) is 0 Å². The monoisotopic (exact) mass is 207 g/mol. The van der Waals surface area contributed by atoms with E-state index in [4.69, 9.17) is 10.5 Å². The van der Waals surface area contributed by atoms with Crippen LogP contribution in [0.4, 0.5) is 5.82 Å². The maximum absolute atomic E-state index is 5.91. The summed E-state index contributed by atoms with van der Waals surface area (Å²) in [4.78, 5) is 8.87. The van der Waals surface area contributed by atoms with Crippen molar-refractivity contribution in [1.82, 2.24) is 9.97 Å². The highest BCUT2D eigenvalue weighted by Crippen LogP contribution is 2.27. The second-order valence-electron chi connectivity index (χ2n) is 3.88. The number of aryl methyl sites for hydroxylation is 1. The fourth-order valence-electron chi connectivity index (χ4n) is 2.08. The van der Waals surface area contributed by atoms with Crippen LogP contribution in [0.2, 0.25) is 0 Å². The van der Waals surface area contributed by atoms with Gasteiger partial charge < -0.3 is 10.5 Å². The van der Waals surface area contributed by atoms with E-state index in [0.717, 1.165) is 42.8 Å². The molecule has 1 unspecified atom stereocenters. The number of rotatable bonds is 3. The molecule has 1 aliphatic rings. The van der Waals surface area contributed by atoms with Gasteiger partial charge in [-0.3, -0.25) is 0 Å². The van der Waals surface area contributed by atoms with Gasteiger partial charge in [0.2, 0.25) is 0 Å². The minimum Gasteiger partial charge on any atom is -0.383 e. The van der Waals surface area contributed by atoms with E-state index in [9.17, 15) is 0 Å². The maximum atomic E-state index is 5.91. The lowest BCUT2D eigenvalue weighted by atomic mass is 10.2. The van der Waals surface area contributed by atoms with Gasteiger partial charge in [-0.05, 0) is 25.7 Å². The van der Waals surface area contributed by atoms with Gasteiger partial charge in [0.1, 0.15) is 11.9 Å². The molecule has 2 rings (SSSR count). The Balaban J connectivity index is 2.38. The molecule has 4 heteroatoms. The quantitative estimate of drug-likeness (QED) is 0.818. The topological polar surface area (TPSA) is 61.0 Å². The number of hydrogen-bond donors (Lipinski definition) is 1. The van der Waals surface area contributed by atoms with Crippen LogP contribution in [0.5, 0.6) is 0 Å². The van der Waals surface area contributed by atoms with E-state index < -0.39 is 0 Å². The molecule has 1 heterocycles. The van der Waals surface area contributed by atoms with E-state index >= 15 is 0 Å². The van der Waals surface area contributed by atoms with Crippen LogP contribution >= 0.6 is 0 Å². The van der Waals surface area contributed by atoms with Crippen molar-refractivity contribution in [3.05, 3.63) is 17.1 Å². The number of aromatic nitrogens is 2. The van der Waals surface area contributed by atoms with Crippen LogP contribution in [0.1, 0.15) is 43.0 Å². The first-order chi connectivity index (χ1) is 7.26. The van der Waals surface area contributed by atoms with Gasteiger partial charge in [0.15, 0.2) is 5.82 Å². The molecule has 1 atom stereocenters. The molecule has 4 nitrogen and oxygen atoms in total. The van der Waals surface area contributed by atoms with Crippen molar-refractivity contribution in [3.8, 4) is 0 Å². The first kappa shape index (κ1) is 10.4. The molecule has 0 spiro atoms. The van der Waals surface area contributed by atoms with Crippen molar-refractivity contribution in [2.75, 3.05) is 12.8 Å². The van der Waals surface area contributed by atoms with Crippen molar-refractivity contribution in [1.29, 1.82) is 0 Å². The highest BCUT2D eigenvalue weighted by atomic mass is 16.5. The Morgan fingerprint density at radius 3 is 2.87 bits per heavy atom. The fraction of sp³-hybridized carbons (Fsp3) is 0.636. The fourth-order valence-corrected chi connectivity index (χ4v) is 2.08. The number of nitrogens with zero attached hydrogens (tertiary/aromatic N) is 2. The first-order valence-electron chi connectivity index (χ1n) is 5.44. The number of nitrogens with two attached hydrogens (primary N) is 1. The van der Waals surface area contributed by atoms with Crippen molar-refractivity contribution >= 4 is 5.82 Å². The zero-order valence-corrected chi connectivity index (χ0v) is 9.29. The van der Waals surface area contributed by atoms with Crippen LogP contribution in [-0.4, -0.2) is 17.1 Å². The van der Waals surface area contributed by atoms with E-state index in [-0.39, 0.29) is 6.10 Å². The second kappa shape index (κ2) is 4.14. The van der Waals surface area contributed by atoms with Gasteiger partial charge in [0, 0.05) is 18.4 Å². The lowest BCUT2D eigenvalue weighted by Gasteiger charge is -2.13. The lowest BCUT2D eigenvalue weighted by molar-refractivity contribution is 0.0925. The number of fused-ring (bicyclic) bond motifs is 1. The second-order valence-corrected chi connectivity index (χ2v) is 3.88. The normalized spacial score (nSPS) is 16.4. The molecule has 1 aromatic rings. The molecule has 2 N–H and O–H groups in total. The minimum atomic E-state index is -0.0294. The Morgan fingerprint density at radius 1 is 1.40 bits per heavy atom. The van der Waals surface area contributed by atoms with Crippen molar-refractivity contribution < 1.29 is 4.74 Å². The Kier molecular flexibility index (Phi) is 2.86. The largest absolute Gasteiger partial charge is 0.383 e. The predicted molar refractivity (Wildman–Crippen MR) is 58.5 cm³/mol. The third kappa shape index (κ3) is 1.81. The van der Waals surface area contributed by atoms with Crippen LogP contribution in [0.3, 0.4) is 0 Å². The molecule has 0 amide bonds. The van der Waals surface area contributed by atoms with Gasteiger partial charge in [-0.2, -0.15) is 0 Å². The third-order valence-corrected chi connectivity index (χ3v) is 2.93. The SMILES string of the molecule is CCC(OC)c1nc(N)c2c(n1)CCC2. The summed E-state index contributed by atoms with van der Waals surface area (Å²) in [7, 11) is 1.68. The summed E-state index contributed by atoms with van der Waals surface area (Å²) in [5.74, 6) is 1.38. The van der Waals surface area contributed by atoms with Crippen LogP contribution in [-0.2, 0) is 17.6 Å². The molecule has 15 heavy (non-hydrogen) atoms. The molecule has 0 aliphatic heterocycles. The molecular weight excluding hydrogens is 190 g/mol. The zero-order valence-electron chi connectivity index (χ0n) is 9.29. The number of hydrogen-bond acceptors (Lipinski definition) is 4. The third-order valence-electron chi connectivity index (χ3n) is 2.93. The molecule has 0 aromatic carbocycles. The smallest absolute Gasteiger partial charge is 0.159 e. The van der Waals surface area contributed by atoms with E-state index in [1.54, 1.807) is 7.11 Å². The molecule has 0 saturated carbocycles. The maximum Gasteiger partial charge on any atom is 0.159 e. The summed E-state index contributed by atoms with van der Waals surface area (Å²) >= 11 is 0.